The first-order valence-corrected chi connectivity index (χ1v) is 7.06. The lowest BCUT2D eigenvalue weighted by molar-refractivity contribution is 0.352. The quantitative estimate of drug-likeness (QED) is 0.574. The van der Waals surface area contributed by atoms with Crippen LogP contribution in [-0.4, -0.2) is 71.0 Å². The standard InChI is InChI=1S/C9H22N4O2S/c1-12(2)7-3-4-11-16(14,15)13-8-5-10-6-9-13/h10-11H,3-9H2,1-2H3. The fraction of sp³-hybridized carbons (Fsp3) is 1.00. The second-order valence-electron chi connectivity index (χ2n) is 4.21. The minimum absolute atomic E-state index is 0.504. The Hall–Kier alpha value is -0.210. The van der Waals surface area contributed by atoms with Gasteiger partial charge in [0.1, 0.15) is 0 Å². The van der Waals surface area contributed by atoms with E-state index in [1.165, 1.54) is 4.31 Å². The van der Waals surface area contributed by atoms with Gasteiger partial charge in [-0.15, -0.1) is 0 Å². The summed E-state index contributed by atoms with van der Waals surface area (Å²) in [6.07, 6.45) is 0.832. The lowest BCUT2D eigenvalue weighted by atomic mass is 10.4. The van der Waals surface area contributed by atoms with E-state index in [2.05, 4.69) is 10.0 Å². The lowest BCUT2D eigenvalue weighted by Crippen LogP contribution is -2.50. The van der Waals surface area contributed by atoms with Crippen LogP contribution in [0.1, 0.15) is 6.42 Å². The molecule has 1 aliphatic rings. The smallest absolute Gasteiger partial charge is 0.279 e. The topological polar surface area (TPSA) is 64.7 Å². The van der Waals surface area contributed by atoms with Gasteiger partial charge in [0.25, 0.3) is 10.2 Å². The molecule has 0 aromatic heterocycles. The molecule has 0 aliphatic carbocycles. The van der Waals surface area contributed by atoms with Gasteiger partial charge in [-0.25, -0.2) is 4.72 Å². The SMILES string of the molecule is CN(C)CCCNS(=O)(=O)N1CCNCC1. The van der Waals surface area contributed by atoms with E-state index in [1.807, 2.05) is 19.0 Å². The number of hydrogen-bond donors (Lipinski definition) is 2. The average molecular weight is 250 g/mol. The molecule has 16 heavy (non-hydrogen) atoms. The maximum Gasteiger partial charge on any atom is 0.279 e. The zero-order chi connectivity index (χ0) is 12.0. The summed E-state index contributed by atoms with van der Waals surface area (Å²) in [4.78, 5) is 2.04. The molecule has 0 aromatic carbocycles. The zero-order valence-corrected chi connectivity index (χ0v) is 10.9. The molecule has 0 aromatic rings. The molecule has 1 fully saturated rings. The van der Waals surface area contributed by atoms with Crippen LogP contribution in [-0.2, 0) is 10.2 Å². The second kappa shape index (κ2) is 6.51. The summed E-state index contributed by atoms with van der Waals surface area (Å²) >= 11 is 0. The van der Waals surface area contributed by atoms with Crippen LogP contribution in [0, 0.1) is 0 Å². The third kappa shape index (κ3) is 4.75. The van der Waals surface area contributed by atoms with Crippen LogP contribution in [0.4, 0.5) is 0 Å². The van der Waals surface area contributed by atoms with Crippen molar-refractivity contribution in [1.82, 2.24) is 19.2 Å². The van der Waals surface area contributed by atoms with Gasteiger partial charge in [-0.05, 0) is 27.1 Å². The number of nitrogens with one attached hydrogen (secondary N) is 2. The van der Waals surface area contributed by atoms with Crippen LogP contribution in [0.25, 0.3) is 0 Å². The van der Waals surface area contributed by atoms with E-state index >= 15 is 0 Å². The van der Waals surface area contributed by atoms with Gasteiger partial charge in [-0.3, -0.25) is 0 Å². The first-order valence-electron chi connectivity index (χ1n) is 5.62. The van der Waals surface area contributed by atoms with Crippen molar-refractivity contribution in [3.05, 3.63) is 0 Å². The molecule has 6 nitrogen and oxygen atoms in total. The number of piperazine rings is 1. The lowest BCUT2D eigenvalue weighted by Gasteiger charge is -2.26. The van der Waals surface area contributed by atoms with Gasteiger partial charge in [-0.1, -0.05) is 0 Å². The Morgan fingerprint density at radius 1 is 1.31 bits per heavy atom. The third-order valence-corrected chi connectivity index (χ3v) is 4.10. The molecule has 1 heterocycles. The highest BCUT2D eigenvalue weighted by Crippen LogP contribution is 1.99. The highest BCUT2D eigenvalue weighted by molar-refractivity contribution is 7.87. The fourth-order valence-corrected chi connectivity index (χ4v) is 2.82. The molecule has 0 saturated carbocycles. The normalized spacial score (nSPS) is 19.2. The molecule has 2 N–H and O–H groups in total. The monoisotopic (exact) mass is 250 g/mol. The maximum absolute atomic E-state index is 11.8. The number of rotatable bonds is 6. The summed E-state index contributed by atoms with van der Waals surface area (Å²) in [6, 6.07) is 0. The molecular weight excluding hydrogens is 228 g/mol. The second-order valence-corrected chi connectivity index (χ2v) is 5.96. The summed E-state index contributed by atoms with van der Waals surface area (Å²) in [5, 5.41) is 3.13. The number of hydrogen-bond acceptors (Lipinski definition) is 4. The van der Waals surface area contributed by atoms with Crippen molar-refractivity contribution in [2.75, 3.05) is 53.4 Å². The van der Waals surface area contributed by atoms with E-state index < -0.39 is 10.2 Å². The van der Waals surface area contributed by atoms with E-state index in [9.17, 15) is 8.42 Å². The van der Waals surface area contributed by atoms with Crippen LogP contribution in [0.3, 0.4) is 0 Å². The molecule has 0 unspecified atom stereocenters. The molecular formula is C9H22N4O2S. The highest BCUT2D eigenvalue weighted by atomic mass is 32.2. The minimum Gasteiger partial charge on any atom is -0.314 e. The van der Waals surface area contributed by atoms with E-state index in [1.54, 1.807) is 0 Å². The van der Waals surface area contributed by atoms with Gasteiger partial charge in [0, 0.05) is 32.7 Å². The summed E-state index contributed by atoms with van der Waals surface area (Å²) in [7, 11) is 0.698. The molecule has 1 saturated heterocycles. The van der Waals surface area contributed by atoms with Crippen LogP contribution < -0.4 is 10.0 Å². The Kier molecular flexibility index (Phi) is 5.63. The predicted octanol–water partition coefficient (Wildman–Crippen LogP) is -1.32. The van der Waals surface area contributed by atoms with E-state index in [0.29, 0.717) is 19.6 Å². The summed E-state index contributed by atoms with van der Waals surface area (Å²) < 4.78 is 27.7. The summed E-state index contributed by atoms with van der Waals surface area (Å²) in [6.45, 7) is 3.98. The summed E-state index contributed by atoms with van der Waals surface area (Å²) in [5.41, 5.74) is 0. The molecule has 0 radical (unpaired) electrons. The van der Waals surface area contributed by atoms with E-state index in [0.717, 1.165) is 26.1 Å². The van der Waals surface area contributed by atoms with Crippen LogP contribution in [0.5, 0.6) is 0 Å². The van der Waals surface area contributed by atoms with Gasteiger partial charge in [-0.2, -0.15) is 12.7 Å². The Labute approximate surface area is 98.2 Å². The van der Waals surface area contributed by atoms with Crippen LogP contribution in [0.15, 0.2) is 0 Å². The summed E-state index contributed by atoms with van der Waals surface area (Å²) in [5.74, 6) is 0. The van der Waals surface area contributed by atoms with Crippen molar-refractivity contribution in [2.45, 2.75) is 6.42 Å². The average Bonchev–Trinajstić information content (AvgIpc) is 2.26. The maximum atomic E-state index is 11.8. The van der Waals surface area contributed by atoms with Gasteiger partial charge >= 0.3 is 0 Å². The van der Waals surface area contributed by atoms with Crippen molar-refractivity contribution < 1.29 is 8.42 Å². The van der Waals surface area contributed by atoms with Crippen molar-refractivity contribution in [3.8, 4) is 0 Å². The van der Waals surface area contributed by atoms with Crippen molar-refractivity contribution in [1.29, 1.82) is 0 Å². The van der Waals surface area contributed by atoms with Gasteiger partial charge in [0.2, 0.25) is 0 Å². The zero-order valence-electron chi connectivity index (χ0n) is 10.1. The third-order valence-electron chi connectivity index (χ3n) is 2.48. The molecule has 1 aliphatic heterocycles. The fourth-order valence-electron chi connectivity index (χ4n) is 1.57. The van der Waals surface area contributed by atoms with Crippen molar-refractivity contribution >= 4 is 10.2 Å². The minimum atomic E-state index is -3.26. The Morgan fingerprint density at radius 3 is 2.50 bits per heavy atom. The van der Waals surface area contributed by atoms with Crippen molar-refractivity contribution in [3.63, 3.8) is 0 Å². The molecule has 0 amide bonds. The molecule has 96 valence electrons. The van der Waals surface area contributed by atoms with E-state index in [-0.39, 0.29) is 0 Å². The predicted molar refractivity (Wildman–Crippen MR) is 64.5 cm³/mol. The van der Waals surface area contributed by atoms with Crippen molar-refractivity contribution in [2.24, 2.45) is 0 Å². The molecule has 0 spiro atoms. The Morgan fingerprint density at radius 2 is 1.94 bits per heavy atom. The van der Waals surface area contributed by atoms with Gasteiger partial charge in [0.15, 0.2) is 0 Å². The Balaban J connectivity index is 2.27. The van der Waals surface area contributed by atoms with E-state index in [4.69, 9.17) is 0 Å². The first kappa shape index (κ1) is 13.9. The number of nitrogens with zero attached hydrogens (tertiary/aromatic N) is 2. The van der Waals surface area contributed by atoms with Gasteiger partial charge in [0.05, 0.1) is 0 Å². The molecule has 0 bridgehead atoms. The van der Waals surface area contributed by atoms with Crippen LogP contribution in [0.2, 0.25) is 0 Å². The molecule has 1 rings (SSSR count). The molecule has 7 heteroatoms. The largest absolute Gasteiger partial charge is 0.314 e. The van der Waals surface area contributed by atoms with Gasteiger partial charge < -0.3 is 10.2 Å². The Bertz CT molecular complexity index is 286. The first-order chi connectivity index (χ1) is 7.52. The van der Waals surface area contributed by atoms with Crippen LogP contribution >= 0.6 is 0 Å². The molecule has 0 atom stereocenters. The highest BCUT2D eigenvalue weighted by Gasteiger charge is 2.22.